The molecule has 5 nitrogen and oxygen atoms in total. The van der Waals surface area contributed by atoms with Crippen molar-refractivity contribution in [3.05, 3.63) is 23.2 Å². The summed E-state index contributed by atoms with van der Waals surface area (Å²) < 4.78 is 30.5. The van der Waals surface area contributed by atoms with Crippen molar-refractivity contribution < 1.29 is 12.8 Å². The standard InChI is InChI=1S/C10H14N2O3S/c1-7-6-10(9(3)15-7)8(2)12-16(13,14)5-4-11/h6,8,12H,5H2,1-3H3. The maximum absolute atomic E-state index is 11.4. The SMILES string of the molecule is Cc1cc(C(C)NS(=O)(=O)CC#N)c(C)o1. The zero-order valence-electron chi connectivity index (χ0n) is 9.44. The minimum absolute atomic E-state index is 0.393. The van der Waals surface area contributed by atoms with Gasteiger partial charge in [-0.25, -0.2) is 13.1 Å². The van der Waals surface area contributed by atoms with Crippen LogP contribution in [-0.4, -0.2) is 14.2 Å². The van der Waals surface area contributed by atoms with Crippen LogP contribution in [0.4, 0.5) is 0 Å². The fraction of sp³-hybridized carbons (Fsp3) is 0.500. The molecule has 0 aliphatic rings. The Morgan fingerprint density at radius 2 is 2.19 bits per heavy atom. The predicted octanol–water partition coefficient (Wildman–Crippen LogP) is 1.40. The van der Waals surface area contributed by atoms with Gasteiger partial charge in [0.25, 0.3) is 0 Å². The lowest BCUT2D eigenvalue weighted by Crippen LogP contribution is -2.28. The van der Waals surface area contributed by atoms with Crippen LogP contribution in [0, 0.1) is 25.2 Å². The van der Waals surface area contributed by atoms with E-state index in [1.54, 1.807) is 32.9 Å². The van der Waals surface area contributed by atoms with Gasteiger partial charge in [-0.05, 0) is 26.8 Å². The summed E-state index contributed by atoms with van der Waals surface area (Å²) in [7, 11) is -3.54. The Morgan fingerprint density at radius 1 is 1.56 bits per heavy atom. The lowest BCUT2D eigenvalue weighted by molar-refractivity contribution is 0.496. The molecule has 0 saturated carbocycles. The Kier molecular flexibility index (Phi) is 3.73. The quantitative estimate of drug-likeness (QED) is 0.865. The lowest BCUT2D eigenvalue weighted by Gasteiger charge is -2.11. The summed E-state index contributed by atoms with van der Waals surface area (Å²) in [4.78, 5) is 0. The second-order valence-electron chi connectivity index (χ2n) is 3.63. The molecule has 16 heavy (non-hydrogen) atoms. The first-order chi connectivity index (χ1) is 7.35. The third-order valence-electron chi connectivity index (χ3n) is 2.16. The summed E-state index contributed by atoms with van der Waals surface area (Å²) in [6.45, 7) is 5.29. The minimum atomic E-state index is -3.54. The maximum atomic E-state index is 11.4. The number of nitriles is 1. The molecule has 0 saturated heterocycles. The third-order valence-corrected chi connectivity index (χ3v) is 3.38. The largest absolute Gasteiger partial charge is 0.466 e. The van der Waals surface area contributed by atoms with Gasteiger partial charge in [0, 0.05) is 11.6 Å². The molecule has 1 atom stereocenters. The van der Waals surface area contributed by atoms with Crippen LogP contribution in [0.2, 0.25) is 0 Å². The molecule has 0 bridgehead atoms. The highest BCUT2D eigenvalue weighted by Crippen LogP contribution is 2.21. The second kappa shape index (κ2) is 4.68. The van der Waals surface area contributed by atoms with E-state index >= 15 is 0 Å². The molecule has 6 heteroatoms. The summed E-state index contributed by atoms with van der Waals surface area (Å²) in [5.41, 5.74) is 0.791. The van der Waals surface area contributed by atoms with Crippen LogP contribution in [0.25, 0.3) is 0 Å². The van der Waals surface area contributed by atoms with Crippen molar-refractivity contribution in [3.63, 3.8) is 0 Å². The summed E-state index contributed by atoms with van der Waals surface area (Å²) >= 11 is 0. The van der Waals surface area contributed by atoms with E-state index in [2.05, 4.69) is 4.72 Å². The normalized spacial score (nSPS) is 13.4. The van der Waals surface area contributed by atoms with E-state index in [1.165, 1.54) is 0 Å². The van der Waals surface area contributed by atoms with Gasteiger partial charge in [0.2, 0.25) is 10.0 Å². The Balaban J connectivity index is 2.85. The van der Waals surface area contributed by atoms with E-state index in [1.807, 2.05) is 0 Å². The first kappa shape index (κ1) is 12.7. The number of hydrogen-bond donors (Lipinski definition) is 1. The summed E-state index contributed by atoms with van der Waals surface area (Å²) in [6.07, 6.45) is 0. The molecule has 1 aromatic rings. The van der Waals surface area contributed by atoms with Crippen molar-refractivity contribution in [1.29, 1.82) is 5.26 Å². The van der Waals surface area contributed by atoms with E-state index in [-0.39, 0.29) is 0 Å². The van der Waals surface area contributed by atoms with Gasteiger partial charge in [0.1, 0.15) is 11.5 Å². The first-order valence-corrected chi connectivity index (χ1v) is 6.45. The molecule has 0 aromatic carbocycles. The first-order valence-electron chi connectivity index (χ1n) is 4.79. The molecule has 88 valence electrons. The number of hydrogen-bond acceptors (Lipinski definition) is 4. The number of rotatable bonds is 4. The van der Waals surface area contributed by atoms with Crippen molar-refractivity contribution in [3.8, 4) is 6.07 Å². The fourth-order valence-electron chi connectivity index (χ4n) is 1.54. The van der Waals surface area contributed by atoms with Crippen LogP contribution in [-0.2, 0) is 10.0 Å². The lowest BCUT2D eigenvalue weighted by atomic mass is 10.1. The number of sulfonamides is 1. The van der Waals surface area contributed by atoms with Gasteiger partial charge in [0.15, 0.2) is 5.75 Å². The van der Waals surface area contributed by atoms with E-state index in [4.69, 9.17) is 9.68 Å². The van der Waals surface area contributed by atoms with Crippen LogP contribution in [0.15, 0.2) is 10.5 Å². The van der Waals surface area contributed by atoms with Crippen molar-refractivity contribution in [1.82, 2.24) is 4.72 Å². The monoisotopic (exact) mass is 242 g/mol. The van der Waals surface area contributed by atoms with Gasteiger partial charge < -0.3 is 4.42 Å². The molecule has 1 unspecified atom stereocenters. The Morgan fingerprint density at radius 3 is 2.62 bits per heavy atom. The predicted molar refractivity (Wildman–Crippen MR) is 59.1 cm³/mol. The average Bonchev–Trinajstić information content (AvgIpc) is 2.44. The van der Waals surface area contributed by atoms with E-state index in [9.17, 15) is 8.42 Å². The van der Waals surface area contributed by atoms with Crippen LogP contribution >= 0.6 is 0 Å². The maximum Gasteiger partial charge on any atom is 0.225 e. The number of furan rings is 1. The Labute approximate surface area is 95.1 Å². The van der Waals surface area contributed by atoms with Crippen molar-refractivity contribution >= 4 is 10.0 Å². The number of aryl methyl sites for hydroxylation is 2. The van der Waals surface area contributed by atoms with Gasteiger partial charge in [-0.15, -0.1) is 0 Å². The minimum Gasteiger partial charge on any atom is -0.466 e. The van der Waals surface area contributed by atoms with Crippen LogP contribution in [0.5, 0.6) is 0 Å². The van der Waals surface area contributed by atoms with Crippen LogP contribution in [0.1, 0.15) is 30.0 Å². The van der Waals surface area contributed by atoms with Crippen molar-refractivity contribution in [2.45, 2.75) is 26.8 Å². The molecular weight excluding hydrogens is 228 g/mol. The molecular formula is C10H14N2O3S. The highest BCUT2D eigenvalue weighted by molar-refractivity contribution is 7.89. The smallest absolute Gasteiger partial charge is 0.225 e. The number of nitrogens with zero attached hydrogens (tertiary/aromatic N) is 1. The molecule has 1 heterocycles. The molecule has 0 aliphatic carbocycles. The van der Waals surface area contributed by atoms with Gasteiger partial charge in [0.05, 0.1) is 6.07 Å². The third kappa shape index (κ3) is 3.08. The summed E-state index contributed by atoms with van der Waals surface area (Å²) in [5, 5.41) is 8.36. The molecule has 1 N–H and O–H groups in total. The zero-order chi connectivity index (χ0) is 12.3. The van der Waals surface area contributed by atoms with Gasteiger partial charge in [-0.2, -0.15) is 5.26 Å². The van der Waals surface area contributed by atoms with Gasteiger partial charge in [-0.1, -0.05) is 0 Å². The Bertz CT molecular complexity index is 511. The van der Waals surface area contributed by atoms with E-state index in [0.717, 1.165) is 11.3 Å². The highest BCUT2D eigenvalue weighted by atomic mass is 32.2. The van der Waals surface area contributed by atoms with Crippen LogP contribution in [0.3, 0.4) is 0 Å². The van der Waals surface area contributed by atoms with E-state index < -0.39 is 21.8 Å². The molecule has 0 spiro atoms. The van der Waals surface area contributed by atoms with Gasteiger partial charge >= 0.3 is 0 Å². The fourth-order valence-corrected chi connectivity index (χ4v) is 2.46. The topological polar surface area (TPSA) is 83.1 Å². The average molecular weight is 242 g/mol. The zero-order valence-corrected chi connectivity index (χ0v) is 10.3. The Hall–Kier alpha value is -1.32. The van der Waals surface area contributed by atoms with Gasteiger partial charge in [-0.3, -0.25) is 0 Å². The molecule has 0 radical (unpaired) electrons. The second-order valence-corrected chi connectivity index (χ2v) is 5.38. The molecule has 0 amide bonds. The van der Waals surface area contributed by atoms with Crippen LogP contribution < -0.4 is 4.72 Å². The molecule has 1 aromatic heterocycles. The van der Waals surface area contributed by atoms with Crippen molar-refractivity contribution in [2.75, 3.05) is 5.75 Å². The number of nitrogens with one attached hydrogen (secondary N) is 1. The highest BCUT2D eigenvalue weighted by Gasteiger charge is 2.18. The summed E-state index contributed by atoms with van der Waals surface area (Å²) in [6, 6.07) is 3.00. The van der Waals surface area contributed by atoms with E-state index in [0.29, 0.717) is 5.76 Å². The molecule has 0 aliphatic heterocycles. The van der Waals surface area contributed by atoms with Crippen molar-refractivity contribution in [2.24, 2.45) is 0 Å². The molecule has 1 rings (SSSR count). The summed E-state index contributed by atoms with van der Waals surface area (Å²) in [5.74, 6) is 0.885. The molecule has 0 fully saturated rings.